The first kappa shape index (κ1) is 63.8. The van der Waals surface area contributed by atoms with Gasteiger partial charge in [0, 0.05) is 6.42 Å². The van der Waals surface area contributed by atoms with Crippen molar-refractivity contribution in [2.24, 2.45) is 0 Å². The number of rotatable bonds is 23. The SMILES string of the molecule is C[N+](C)(CCC(=O)O)CC(O)CC(F)(F)C(F)(F)C(F)(F)C(F)(F)C(F)(F)C(F)(F)C(F)(F)C(F)(F)C(F)(F)C(F)(F)C(F)(F)C(F)(F)C(F)(F)C(F)(F)C(F)(F)C(F)(F)C(F)(F)C(F)(F)F. The molecule has 0 heterocycles. The molecule has 0 aromatic heterocycles. The maximum Gasteiger partial charge on any atom is 0.460 e. The molecule has 0 fully saturated rings. The van der Waals surface area contributed by atoms with Gasteiger partial charge in [-0.05, 0) is 0 Å². The summed E-state index contributed by atoms with van der Waals surface area (Å²) in [6.07, 6.45) is -16.5. The van der Waals surface area contributed by atoms with Gasteiger partial charge in [0.25, 0.3) is 0 Å². The second kappa shape index (κ2) is 16.4. The number of hydrogen-bond donors (Lipinski definition) is 2. The lowest BCUT2D eigenvalue weighted by Gasteiger charge is -2.47. The molecule has 41 heteroatoms. The molecule has 0 aliphatic carbocycles. The van der Waals surface area contributed by atoms with Gasteiger partial charge >= 0.3 is 113 Å². The molecule has 0 rings (SSSR count). The van der Waals surface area contributed by atoms with E-state index in [9.17, 15) is 172 Å². The minimum Gasteiger partial charge on any atom is -0.481 e. The Kier molecular flexibility index (Phi) is 15.7. The molecule has 402 valence electrons. The quantitative estimate of drug-likeness (QED) is 0.0792. The third-order valence-electron chi connectivity index (χ3n) is 8.86. The molecule has 0 aromatic carbocycles. The average molecular weight is 1090 g/mol. The van der Waals surface area contributed by atoms with E-state index in [1.807, 2.05) is 0 Å². The Morgan fingerprint density at radius 2 is 0.537 bits per heavy atom. The second-order valence-corrected chi connectivity index (χ2v) is 14.2. The Hall–Kier alpha value is -3.20. The Morgan fingerprint density at radius 1 is 0.358 bits per heavy atom. The monoisotopic (exact) mass is 1090 g/mol. The van der Waals surface area contributed by atoms with Crippen molar-refractivity contribution in [3.63, 3.8) is 0 Å². The molecule has 0 spiro atoms. The van der Waals surface area contributed by atoms with E-state index < -0.39 is 149 Å². The minimum absolute atomic E-state index is 0.673. The summed E-state index contributed by atoms with van der Waals surface area (Å²) in [6.45, 7) is -2.47. The number of aliphatic hydroxyl groups is 1. The van der Waals surface area contributed by atoms with Crippen molar-refractivity contribution >= 4 is 5.97 Å². The number of carboxylic acid groups (broad SMARTS) is 1. The minimum atomic E-state index is -10.5. The van der Waals surface area contributed by atoms with Crippen molar-refractivity contribution in [2.45, 2.75) is 126 Å². The largest absolute Gasteiger partial charge is 0.481 e. The average Bonchev–Trinajstić information content (AvgIpc) is 3.08. The predicted octanol–water partition coefficient (Wildman–Crippen LogP) is 11.7. The summed E-state index contributed by atoms with van der Waals surface area (Å²) < 4.78 is 509. The molecule has 0 aliphatic heterocycles. The normalized spacial score (nSPS) is 17.3. The van der Waals surface area contributed by atoms with Gasteiger partial charge in [0.2, 0.25) is 0 Å². The van der Waals surface area contributed by atoms with E-state index in [-0.39, 0.29) is 0 Å². The predicted molar refractivity (Wildman–Crippen MR) is 135 cm³/mol. The van der Waals surface area contributed by atoms with Gasteiger partial charge in [0.05, 0.1) is 27.1 Å². The van der Waals surface area contributed by atoms with Crippen LogP contribution in [0.1, 0.15) is 12.8 Å². The summed E-state index contributed by atoms with van der Waals surface area (Å²) in [5.74, 6) is -168. The van der Waals surface area contributed by atoms with E-state index in [4.69, 9.17) is 5.11 Å². The van der Waals surface area contributed by atoms with Gasteiger partial charge in [0.15, 0.2) is 0 Å². The lowest BCUT2D eigenvalue weighted by molar-refractivity contribution is -0.893. The van der Waals surface area contributed by atoms with Gasteiger partial charge in [-0.25, -0.2) is 0 Å². The van der Waals surface area contributed by atoms with Crippen molar-refractivity contribution in [2.75, 3.05) is 27.2 Å². The Bertz CT molecular complexity index is 1780. The lowest BCUT2D eigenvalue weighted by atomic mass is 9.82. The summed E-state index contributed by atoms with van der Waals surface area (Å²) in [6, 6.07) is 0. The smallest absolute Gasteiger partial charge is 0.460 e. The summed E-state index contributed by atoms with van der Waals surface area (Å²) in [5, 5.41) is 18.1. The first-order valence-electron chi connectivity index (χ1n) is 15.5. The maximum absolute atomic E-state index is 14.3. The summed E-state index contributed by atoms with van der Waals surface area (Å²) in [7, 11) is 1.35. The zero-order valence-electron chi connectivity index (χ0n) is 30.6. The molecule has 0 aliphatic rings. The number of carbonyl (C=O) groups is 1. The van der Waals surface area contributed by atoms with E-state index in [0.717, 1.165) is 0 Å². The van der Waals surface area contributed by atoms with Crippen LogP contribution < -0.4 is 0 Å². The fourth-order valence-corrected chi connectivity index (χ4v) is 4.72. The molecule has 0 bridgehead atoms. The second-order valence-electron chi connectivity index (χ2n) is 14.2. The van der Waals surface area contributed by atoms with Gasteiger partial charge < -0.3 is 14.7 Å². The van der Waals surface area contributed by atoms with E-state index >= 15 is 0 Å². The maximum atomic E-state index is 14.3. The van der Waals surface area contributed by atoms with Crippen LogP contribution in [0.5, 0.6) is 0 Å². The number of likely N-dealkylation sites (N-methyl/N-ethyl adjacent to an activating group) is 1. The standard InChI is InChI=1S/C26H16F37NO3/c1-64(2,4-3-8(66)67)6-7(65)5-9(27,28)10(29,30)11(31,32)12(33,34)13(35,36)14(37,38)15(39,40)16(41,42)17(43,44)18(45,46)19(47,48)20(49,50)21(51,52)22(53,54)23(55,56)24(57,58)25(59,60)26(61,62)63/h7,65H,3-6H2,1-2H3/p+1. The molecular formula is C26H17F37NO3+. The van der Waals surface area contributed by atoms with Crippen LogP contribution in [0.2, 0.25) is 0 Å². The molecule has 67 heavy (non-hydrogen) atoms. The molecule has 2 N–H and O–H groups in total. The highest BCUT2D eigenvalue weighted by Gasteiger charge is 3.02. The van der Waals surface area contributed by atoms with Crippen LogP contribution in [0.4, 0.5) is 162 Å². The highest BCUT2D eigenvalue weighted by molar-refractivity contribution is 5.66. The van der Waals surface area contributed by atoms with Crippen molar-refractivity contribution in [1.82, 2.24) is 0 Å². The highest BCUT2D eigenvalue weighted by atomic mass is 19.4. The Balaban J connectivity index is 7.69. The lowest BCUT2D eigenvalue weighted by Crippen LogP contribution is -2.80. The molecule has 0 radical (unpaired) electrons. The van der Waals surface area contributed by atoms with Crippen LogP contribution in [-0.2, 0) is 4.79 Å². The molecule has 0 saturated heterocycles. The van der Waals surface area contributed by atoms with E-state index in [1.165, 1.54) is 0 Å². The van der Waals surface area contributed by atoms with E-state index in [1.54, 1.807) is 0 Å². The van der Waals surface area contributed by atoms with Crippen LogP contribution in [-0.4, -0.2) is 161 Å². The number of hydrogen-bond acceptors (Lipinski definition) is 2. The van der Waals surface area contributed by atoms with Gasteiger partial charge in [-0.2, -0.15) is 162 Å². The zero-order chi connectivity index (χ0) is 55.5. The Morgan fingerprint density at radius 3 is 0.716 bits per heavy atom. The fraction of sp³-hybridized carbons (Fsp3) is 0.962. The van der Waals surface area contributed by atoms with E-state index in [2.05, 4.69) is 0 Å². The third-order valence-corrected chi connectivity index (χ3v) is 8.86. The van der Waals surface area contributed by atoms with Crippen LogP contribution in [0.25, 0.3) is 0 Å². The van der Waals surface area contributed by atoms with Gasteiger partial charge in [-0.1, -0.05) is 0 Å². The van der Waals surface area contributed by atoms with Crippen LogP contribution in [0.3, 0.4) is 0 Å². The fourth-order valence-electron chi connectivity index (χ4n) is 4.72. The van der Waals surface area contributed by atoms with Crippen LogP contribution in [0.15, 0.2) is 0 Å². The number of nitrogens with zero attached hydrogens (tertiary/aromatic N) is 1. The number of alkyl halides is 37. The summed E-state index contributed by atoms with van der Waals surface area (Å²) in [4.78, 5) is 10.6. The van der Waals surface area contributed by atoms with Gasteiger partial charge in [-0.15, -0.1) is 0 Å². The number of carboxylic acids is 1. The number of quaternary nitrogens is 1. The first-order chi connectivity index (χ1) is 28.3. The van der Waals surface area contributed by atoms with Crippen molar-refractivity contribution in [3.05, 3.63) is 0 Å². The third kappa shape index (κ3) is 8.44. The molecule has 1 atom stereocenters. The van der Waals surface area contributed by atoms with Crippen molar-refractivity contribution in [1.29, 1.82) is 0 Å². The van der Waals surface area contributed by atoms with Gasteiger partial charge in [0.1, 0.15) is 12.6 Å². The molecule has 0 saturated carbocycles. The first-order valence-corrected chi connectivity index (χ1v) is 15.5. The topological polar surface area (TPSA) is 57.5 Å². The number of aliphatic carboxylic acids is 1. The van der Waals surface area contributed by atoms with Crippen molar-refractivity contribution < 1.29 is 182 Å². The summed E-state index contributed by atoms with van der Waals surface area (Å²) in [5.41, 5.74) is 0. The zero-order valence-corrected chi connectivity index (χ0v) is 30.6. The molecule has 0 amide bonds. The highest BCUT2D eigenvalue weighted by Crippen LogP contribution is 2.70. The number of aliphatic hydroxyl groups excluding tert-OH is 1. The molecular weight excluding hydrogens is 1080 g/mol. The summed E-state index contributed by atoms with van der Waals surface area (Å²) >= 11 is 0. The van der Waals surface area contributed by atoms with Crippen LogP contribution >= 0.6 is 0 Å². The molecule has 0 aromatic rings. The van der Waals surface area contributed by atoms with E-state index in [0.29, 0.717) is 14.1 Å². The van der Waals surface area contributed by atoms with Crippen LogP contribution in [0, 0.1) is 0 Å². The molecule has 1 unspecified atom stereocenters. The van der Waals surface area contributed by atoms with Crippen molar-refractivity contribution in [3.8, 4) is 0 Å². The number of halogens is 37. The van der Waals surface area contributed by atoms with Gasteiger partial charge in [-0.3, -0.25) is 4.79 Å². The Labute approximate surface area is 342 Å². The molecule has 4 nitrogen and oxygen atoms in total.